The van der Waals surface area contributed by atoms with Gasteiger partial charge in [0.2, 0.25) is 5.91 Å². The van der Waals surface area contributed by atoms with E-state index in [9.17, 15) is 4.79 Å². The quantitative estimate of drug-likeness (QED) is 0.445. The van der Waals surface area contributed by atoms with Gasteiger partial charge in [0.15, 0.2) is 0 Å². The van der Waals surface area contributed by atoms with Crippen LogP contribution in [-0.2, 0) is 17.0 Å². The maximum Gasteiger partial charge on any atom is 0.224 e. The summed E-state index contributed by atoms with van der Waals surface area (Å²) in [6, 6.07) is 14.4. The molecule has 0 saturated heterocycles. The highest BCUT2D eigenvalue weighted by Crippen LogP contribution is 2.30. The first-order valence-corrected chi connectivity index (χ1v) is 10.6. The van der Waals surface area contributed by atoms with Crippen molar-refractivity contribution in [1.82, 2.24) is 5.32 Å². The molecule has 0 aliphatic heterocycles. The lowest BCUT2D eigenvalue weighted by molar-refractivity contribution is -0.120. The Balaban J connectivity index is 1.36. The van der Waals surface area contributed by atoms with Gasteiger partial charge in [-0.25, -0.2) is 0 Å². The van der Waals surface area contributed by atoms with E-state index in [1.54, 1.807) is 17.6 Å². The van der Waals surface area contributed by atoms with Crippen LogP contribution in [0, 0.1) is 0 Å². The minimum atomic E-state index is 0.0387. The molecule has 0 saturated carbocycles. The van der Waals surface area contributed by atoms with Crippen LogP contribution < -0.4 is 5.32 Å². The number of thioether (sulfide) groups is 1. The minimum absolute atomic E-state index is 0.0387. The van der Waals surface area contributed by atoms with Gasteiger partial charge in [-0.1, -0.05) is 30.3 Å². The van der Waals surface area contributed by atoms with E-state index >= 15 is 0 Å². The number of carbonyl (C=O) groups excluding carboxylic acids is 1. The van der Waals surface area contributed by atoms with Crippen molar-refractivity contribution in [3.8, 4) is 0 Å². The van der Waals surface area contributed by atoms with Gasteiger partial charge in [-0.3, -0.25) is 4.79 Å². The van der Waals surface area contributed by atoms with Crippen molar-refractivity contribution >= 4 is 50.7 Å². The average Bonchev–Trinajstić information content (AvgIpc) is 3.31. The number of benzene rings is 2. The lowest BCUT2D eigenvalue weighted by Gasteiger charge is -2.05. The number of furan rings is 1. The van der Waals surface area contributed by atoms with Gasteiger partial charge in [-0.2, -0.15) is 23.1 Å². The normalized spacial score (nSPS) is 11.2. The van der Waals surface area contributed by atoms with Crippen LogP contribution in [0.4, 0.5) is 0 Å². The van der Waals surface area contributed by atoms with Crippen molar-refractivity contribution in [1.29, 1.82) is 0 Å². The molecule has 132 valence electrons. The molecule has 0 radical (unpaired) electrons. The Morgan fingerprint density at radius 1 is 1.15 bits per heavy atom. The number of carbonyl (C=O) groups is 1. The SMILES string of the molecule is O=C(Cc1coc2ccc3ccccc3c12)NCCSCc1ccsc1. The van der Waals surface area contributed by atoms with Crippen molar-refractivity contribution in [3.05, 3.63) is 70.6 Å². The highest BCUT2D eigenvalue weighted by Gasteiger charge is 2.12. The molecule has 0 atom stereocenters. The summed E-state index contributed by atoms with van der Waals surface area (Å²) in [6.07, 6.45) is 2.05. The predicted molar refractivity (Wildman–Crippen MR) is 111 cm³/mol. The standard InChI is InChI=1S/C21H19NO2S2/c23-20(22-8-10-26-14-15-7-9-25-13-15)11-17-12-24-19-6-5-16-3-1-2-4-18(16)21(17)19/h1-7,9,12-13H,8,10-11,14H2,(H,22,23). The summed E-state index contributed by atoms with van der Waals surface area (Å²) >= 11 is 3.56. The first kappa shape index (κ1) is 17.2. The smallest absolute Gasteiger partial charge is 0.224 e. The zero-order valence-electron chi connectivity index (χ0n) is 14.2. The van der Waals surface area contributed by atoms with Crippen molar-refractivity contribution in [3.63, 3.8) is 0 Å². The van der Waals surface area contributed by atoms with Crippen LogP contribution in [0.15, 0.2) is 63.9 Å². The number of nitrogens with one attached hydrogen (secondary N) is 1. The van der Waals surface area contributed by atoms with Crippen LogP contribution >= 0.6 is 23.1 Å². The van der Waals surface area contributed by atoms with Gasteiger partial charge in [0.05, 0.1) is 12.7 Å². The molecule has 2 aromatic carbocycles. The summed E-state index contributed by atoms with van der Waals surface area (Å²) < 4.78 is 5.66. The molecule has 2 heterocycles. The molecule has 1 amide bonds. The lowest BCUT2D eigenvalue weighted by atomic mass is 10.0. The Kier molecular flexibility index (Phi) is 5.27. The maximum absolute atomic E-state index is 12.3. The van der Waals surface area contributed by atoms with Crippen LogP contribution in [0.3, 0.4) is 0 Å². The van der Waals surface area contributed by atoms with Gasteiger partial charge < -0.3 is 9.73 Å². The van der Waals surface area contributed by atoms with E-state index in [1.165, 1.54) is 5.56 Å². The maximum atomic E-state index is 12.3. The molecule has 3 nitrogen and oxygen atoms in total. The fourth-order valence-electron chi connectivity index (χ4n) is 3.07. The van der Waals surface area contributed by atoms with Crippen LogP contribution in [-0.4, -0.2) is 18.2 Å². The average molecular weight is 382 g/mol. The van der Waals surface area contributed by atoms with E-state index in [1.807, 2.05) is 30.0 Å². The topological polar surface area (TPSA) is 42.2 Å². The molecule has 0 fully saturated rings. The largest absolute Gasteiger partial charge is 0.464 e. The Labute approximate surface area is 160 Å². The fraction of sp³-hybridized carbons (Fsp3) is 0.190. The summed E-state index contributed by atoms with van der Waals surface area (Å²) in [5.41, 5.74) is 3.13. The van der Waals surface area contributed by atoms with E-state index in [4.69, 9.17) is 4.42 Å². The summed E-state index contributed by atoms with van der Waals surface area (Å²) in [6.45, 7) is 0.685. The minimum Gasteiger partial charge on any atom is -0.464 e. The highest BCUT2D eigenvalue weighted by atomic mass is 32.2. The van der Waals surface area contributed by atoms with Gasteiger partial charge in [-0.05, 0) is 39.2 Å². The summed E-state index contributed by atoms with van der Waals surface area (Å²) in [4.78, 5) is 12.3. The predicted octanol–water partition coefficient (Wildman–Crippen LogP) is 5.24. The van der Waals surface area contributed by atoms with E-state index in [0.29, 0.717) is 13.0 Å². The Morgan fingerprint density at radius 2 is 2.08 bits per heavy atom. The molecule has 0 unspecified atom stereocenters. The summed E-state index contributed by atoms with van der Waals surface area (Å²) in [7, 11) is 0. The third-order valence-corrected chi connectivity index (χ3v) is 6.07. The number of amides is 1. The van der Waals surface area contributed by atoms with Gasteiger partial charge >= 0.3 is 0 Å². The Bertz CT molecular complexity index is 1020. The van der Waals surface area contributed by atoms with Crippen LogP contribution in [0.1, 0.15) is 11.1 Å². The number of fused-ring (bicyclic) bond motifs is 3. The van der Waals surface area contributed by atoms with E-state index in [-0.39, 0.29) is 5.91 Å². The van der Waals surface area contributed by atoms with Crippen molar-refractivity contribution in [2.24, 2.45) is 0 Å². The number of rotatable bonds is 7. The molecule has 4 rings (SSSR count). The molecule has 26 heavy (non-hydrogen) atoms. The number of thiophene rings is 1. The summed E-state index contributed by atoms with van der Waals surface area (Å²) in [5.74, 6) is 1.95. The molecule has 0 bridgehead atoms. The van der Waals surface area contributed by atoms with Gasteiger partial charge in [0.25, 0.3) is 0 Å². The first-order valence-electron chi connectivity index (χ1n) is 8.54. The van der Waals surface area contributed by atoms with Gasteiger partial charge in [-0.15, -0.1) is 0 Å². The van der Waals surface area contributed by atoms with E-state index in [2.05, 4.69) is 40.3 Å². The fourth-order valence-corrected chi connectivity index (χ4v) is 4.65. The van der Waals surface area contributed by atoms with Crippen molar-refractivity contribution in [2.75, 3.05) is 12.3 Å². The molecule has 4 aromatic rings. The summed E-state index contributed by atoms with van der Waals surface area (Å²) in [5, 5.41) is 10.6. The second-order valence-electron chi connectivity index (χ2n) is 6.13. The van der Waals surface area contributed by atoms with Gasteiger partial charge in [0.1, 0.15) is 5.58 Å². The molecule has 1 N–H and O–H groups in total. The van der Waals surface area contributed by atoms with E-state index < -0.39 is 0 Å². The monoisotopic (exact) mass is 381 g/mol. The first-order chi connectivity index (χ1) is 12.8. The van der Waals surface area contributed by atoms with Gasteiger partial charge in [0, 0.05) is 29.0 Å². The lowest BCUT2D eigenvalue weighted by Crippen LogP contribution is -2.27. The second kappa shape index (κ2) is 7.98. The molecule has 0 aliphatic carbocycles. The van der Waals surface area contributed by atoms with Crippen LogP contribution in [0.5, 0.6) is 0 Å². The third-order valence-electron chi connectivity index (χ3n) is 4.31. The van der Waals surface area contributed by atoms with E-state index in [0.717, 1.165) is 38.8 Å². The molecule has 0 spiro atoms. The zero-order valence-corrected chi connectivity index (χ0v) is 15.9. The zero-order chi connectivity index (χ0) is 17.8. The van der Waals surface area contributed by atoms with Crippen molar-refractivity contribution < 1.29 is 9.21 Å². The Hall–Kier alpha value is -2.24. The number of hydrogen-bond acceptors (Lipinski definition) is 4. The molecular formula is C21H19NO2S2. The van der Waals surface area contributed by atoms with Crippen LogP contribution in [0.25, 0.3) is 21.7 Å². The van der Waals surface area contributed by atoms with Crippen LogP contribution in [0.2, 0.25) is 0 Å². The number of hydrogen-bond donors (Lipinski definition) is 1. The van der Waals surface area contributed by atoms with Crippen molar-refractivity contribution in [2.45, 2.75) is 12.2 Å². The molecule has 2 aromatic heterocycles. The Morgan fingerprint density at radius 3 is 2.96 bits per heavy atom. The third kappa shape index (κ3) is 3.79. The second-order valence-corrected chi connectivity index (χ2v) is 8.02. The highest BCUT2D eigenvalue weighted by molar-refractivity contribution is 7.98. The molecular weight excluding hydrogens is 362 g/mol. The molecule has 0 aliphatic rings. The molecule has 5 heteroatoms.